The number of nitrogens with zero attached hydrogens (tertiary/aromatic N) is 2. The summed E-state index contributed by atoms with van der Waals surface area (Å²) in [6.45, 7) is 1.30. The fourth-order valence-corrected chi connectivity index (χ4v) is 2.41. The molecule has 7 nitrogen and oxygen atoms in total. The van der Waals surface area contributed by atoms with Crippen LogP contribution < -0.4 is 10.3 Å². The number of hydrogen-bond donors (Lipinski definition) is 1. The minimum atomic E-state index is -0.657. The van der Waals surface area contributed by atoms with E-state index < -0.39 is 17.2 Å². The quantitative estimate of drug-likeness (QED) is 0.768. The van der Waals surface area contributed by atoms with Crippen molar-refractivity contribution in [3.05, 3.63) is 57.4 Å². The molecule has 0 aliphatic heterocycles. The van der Waals surface area contributed by atoms with Crippen LogP contribution in [0.5, 0.6) is 11.6 Å². The first kappa shape index (κ1) is 18.2. The van der Waals surface area contributed by atoms with E-state index in [2.05, 4.69) is 0 Å². The molecule has 2 aromatic rings. The van der Waals surface area contributed by atoms with Crippen molar-refractivity contribution < 1.29 is 19.4 Å². The first-order valence-electron chi connectivity index (χ1n) is 7.57. The molecular formula is C18H18N2O5. The standard InChI is InChI=1S/C18H18N2O5/c1-12-14(10-19)17(22)20(8-9-24-2)18(23)16(12)15(21)11-25-13-6-4-3-5-7-13/h3-7,23H,8-9,11H2,1-2H3. The molecule has 0 bridgehead atoms. The van der Waals surface area contributed by atoms with E-state index in [1.807, 2.05) is 6.07 Å². The van der Waals surface area contributed by atoms with Crippen LogP contribution in [-0.4, -0.2) is 35.8 Å². The Hall–Kier alpha value is -3.11. The van der Waals surface area contributed by atoms with E-state index in [4.69, 9.17) is 9.47 Å². The SMILES string of the molecule is COCCn1c(O)c(C(=O)COc2ccccc2)c(C)c(C#N)c1=O. The maximum absolute atomic E-state index is 12.5. The fourth-order valence-electron chi connectivity index (χ4n) is 2.41. The van der Waals surface area contributed by atoms with Gasteiger partial charge in [0.05, 0.1) is 18.7 Å². The Balaban J connectivity index is 2.40. The van der Waals surface area contributed by atoms with Crippen LogP contribution in [0.2, 0.25) is 0 Å². The van der Waals surface area contributed by atoms with Crippen molar-refractivity contribution in [1.82, 2.24) is 4.57 Å². The van der Waals surface area contributed by atoms with Gasteiger partial charge in [0, 0.05) is 7.11 Å². The number of ether oxygens (including phenoxy) is 2. The molecule has 7 heteroatoms. The number of para-hydroxylation sites is 1. The second-order valence-electron chi connectivity index (χ2n) is 5.28. The average Bonchev–Trinajstić information content (AvgIpc) is 2.61. The van der Waals surface area contributed by atoms with E-state index >= 15 is 0 Å². The highest BCUT2D eigenvalue weighted by Crippen LogP contribution is 2.22. The van der Waals surface area contributed by atoms with E-state index in [0.29, 0.717) is 5.75 Å². The topological polar surface area (TPSA) is 102 Å². The summed E-state index contributed by atoms with van der Waals surface area (Å²) in [6.07, 6.45) is 0. The number of carbonyl (C=O) groups excluding carboxylic acids is 1. The average molecular weight is 342 g/mol. The van der Waals surface area contributed by atoms with E-state index in [1.54, 1.807) is 30.3 Å². The molecule has 0 aliphatic rings. The molecule has 1 N–H and O–H groups in total. The van der Waals surface area contributed by atoms with Gasteiger partial charge in [0.25, 0.3) is 5.56 Å². The van der Waals surface area contributed by atoms with Gasteiger partial charge in [-0.15, -0.1) is 0 Å². The highest BCUT2D eigenvalue weighted by Gasteiger charge is 2.24. The van der Waals surface area contributed by atoms with Crippen molar-refractivity contribution in [2.24, 2.45) is 0 Å². The van der Waals surface area contributed by atoms with Crippen molar-refractivity contribution in [3.63, 3.8) is 0 Å². The Morgan fingerprint density at radius 2 is 2.00 bits per heavy atom. The number of hydrogen-bond acceptors (Lipinski definition) is 6. The van der Waals surface area contributed by atoms with Crippen LogP contribution in [-0.2, 0) is 11.3 Å². The molecule has 0 spiro atoms. The lowest BCUT2D eigenvalue weighted by Crippen LogP contribution is -2.29. The van der Waals surface area contributed by atoms with Crippen molar-refractivity contribution >= 4 is 5.78 Å². The molecule has 0 aliphatic carbocycles. The number of pyridine rings is 1. The predicted octanol–water partition coefficient (Wildman–Crippen LogP) is 1.64. The molecule has 0 radical (unpaired) electrons. The molecule has 1 heterocycles. The molecule has 0 saturated heterocycles. The predicted molar refractivity (Wildman–Crippen MR) is 90.0 cm³/mol. The summed E-state index contributed by atoms with van der Waals surface area (Å²) in [5.41, 5.74) is -0.796. The van der Waals surface area contributed by atoms with Gasteiger partial charge in [0.15, 0.2) is 6.61 Å². The summed E-state index contributed by atoms with van der Waals surface area (Å²) >= 11 is 0. The van der Waals surface area contributed by atoms with Gasteiger partial charge >= 0.3 is 0 Å². The summed E-state index contributed by atoms with van der Waals surface area (Å²) in [7, 11) is 1.45. The molecule has 130 valence electrons. The summed E-state index contributed by atoms with van der Waals surface area (Å²) in [5, 5.41) is 19.6. The Labute approximate surface area is 144 Å². The number of ketones is 1. The van der Waals surface area contributed by atoms with Gasteiger partial charge in [-0.1, -0.05) is 18.2 Å². The van der Waals surface area contributed by atoms with Crippen molar-refractivity contribution in [2.45, 2.75) is 13.5 Å². The molecule has 1 aromatic heterocycles. The van der Waals surface area contributed by atoms with Crippen LogP contribution in [0.1, 0.15) is 21.5 Å². The molecule has 1 aromatic carbocycles. The summed E-state index contributed by atoms with van der Waals surface area (Å²) in [6, 6.07) is 10.5. The Morgan fingerprint density at radius 1 is 1.32 bits per heavy atom. The number of carbonyl (C=O) groups is 1. The molecule has 2 rings (SSSR count). The number of rotatable bonds is 7. The third-order valence-electron chi connectivity index (χ3n) is 3.71. The Bertz CT molecular complexity index is 866. The summed E-state index contributed by atoms with van der Waals surface area (Å²) in [4.78, 5) is 24.8. The maximum Gasteiger partial charge on any atom is 0.271 e. The first-order valence-corrected chi connectivity index (χ1v) is 7.57. The minimum Gasteiger partial charge on any atom is -0.494 e. The second-order valence-corrected chi connectivity index (χ2v) is 5.28. The maximum atomic E-state index is 12.5. The van der Waals surface area contributed by atoms with Crippen LogP contribution in [0.4, 0.5) is 0 Å². The third-order valence-corrected chi connectivity index (χ3v) is 3.71. The molecule has 0 saturated carbocycles. The molecule has 0 unspecified atom stereocenters. The van der Waals surface area contributed by atoms with Crippen LogP contribution in [0, 0.1) is 18.3 Å². The van der Waals surface area contributed by atoms with Gasteiger partial charge in [0.2, 0.25) is 11.7 Å². The number of Topliss-reactive ketones (excluding diaryl/α,β-unsaturated/α-hetero) is 1. The highest BCUT2D eigenvalue weighted by molar-refractivity contribution is 6.01. The van der Waals surface area contributed by atoms with Crippen LogP contribution in [0.3, 0.4) is 0 Å². The smallest absolute Gasteiger partial charge is 0.271 e. The van der Waals surface area contributed by atoms with E-state index in [1.165, 1.54) is 14.0 Å². The molecule has 0 amide bonds. The Kier molecular flexibility index (Phi) is 5.93. The van der Waals surface area contributed by atoms with Crippen LogP contribution >= 0.6 is 0 Å². The van der Waals surface area contributed by atoms with Crippen LogP contribution in [0.15, 0.2) is 35.1 Å². The second kappa shape index (κ2) is 8.13. The monoisotopic (exact) mass is 342 g/mol. The van der Waals surface area contributed by atoms with Gasteiger partial charge in [-0.05, 0) is 24.6 Å². The van der Waals surface area contributed by atoms with Crippen LogP contribution in [0.25, 0.3) is 0 Å². The zero-order valence-electron chi connectivity index (χ0n) is 14.0. The normalized spacial score (nSPS) is 10.3. The van der Waals surface area contributed by atoms with E-state index in [9.17, 15) is 20.0 Å². The number of aromatic nitrogens is 1. The van der Waals surface area contributed by atoms with Crippen molar-refractivity contribution in [3.8, 4) is 17.7 Å². The van der Waals surface area contributed by atoms with Gasteiger partial charge in [-0.2, -0.15) is 5.26 Å². The lowest BCUT2D eigenvalue weighted by atomic mass is 10.0. The third kappa shape index (κ3) is 3.87. The summed E-state index contributed by atoms with van der Waals surface area (Å²) < 4.78 is 11.3. The first-order chi connectivity index (χ1) is 12.0. The van der Waals surface area contributed by atoms with E-state index in [0.717, 1.165) is 4.57 Å². The van der Waals surface area contributed by atoms with E-state index in [-0.39, 0.29) is 36.4 Å². The van der Waals surface area contributed by atoms with Crippen molar-refractivity contribution in [1.29, 1.82) is 5.26 Å². The highest BCUT2D eigenvalue weighted by atomic mass is 16.5. The van der Waals surface area contributed by atoms with Gasteiger partial charge in [0.1, 0.15) is 17.4 Å². The van der Waals surface area contributed by atoms with Gasteiger partial charge < -0.3 is 14.6 Å². The zero-order valence-corrected chi connectivity index (χ0v) is 14.0. The van der Waals surface area contributed by atoms with Crippen molar-refractivity contribution in [2.75, 3.05) is 20.3 Å². The molecular weight excluding hydrogens is 324 g/mol. The molecule has 0 fully saturated rings. The number of methoxy groups -OCH3 is 1. The number of benzene rings is 1. The van der Waals surface area contributed by atoms with Gasteiger partial charge in [-0.3, -0.25) is 14.2 Å². The lowest BCUT2D eigenvalue weighted by Gasteiger charge is -2.15. The largest absolute Gasteiger partial charge is 0.494 e. The minimum absolute atomic E-state index is 0.0238. The number of nitriles is 1. The lowest BCUT2D eigenvalue weighted by molar-refractivity contribution is 0.0915. The molecule has 25 heavy (non-hydrogen) atoms. The zero-order chi connectivity index (χ0) is 18.4. The summed E-state index contributed by atoms with van der Waals surface area (Å²) in [5.74, 6) is -0.511. The number of aromatic hydroxyl groups is 1. The molecule has 0 atom stereocenters. The Morgan fingerprint density at radius 3 is 2.60 bits per heavy atom. The van der Waals surface area contributed by atoms with Gasteiger partial charge in [-0.25, -0.2) is 0 Å². The fraction of sp³-hybridized carbons (Fsp3) is 0.278.